The summed E-state index contributed by atoms with van der Waals surface area (Å²) in [6.45, 7) is 17.3. The van der Waals surface area contributed by atoms with Crippen molar-refractivity contribution >= 4 is 5.69 Å². The number of hydrogen-bond donors (Lipinski definition) is 1. The molecule has 5 heteroatoms. The maximum atomic E-state index is 10.3. The van der Waals surface area contributed by atoms with Crippen LogP contribution in [0, 0.1) is 32.8 Å². The van der Waals surface area contributed by atoms with E-state index in [2.05, 4.69) is 51.3 Å². The van der Waals surface area contributed by atoms with E-state index in [4.69, 9.17) is 6.57 Å². The molecule has 2 aromatic carbocycles. The SMILES string of the molecule is [C-]#[N+]c1ccc(Cn2c(CN3CCC(CO)(Cc4cc(C)cc(C)c4)CC3)cnc2C)cc1. The van der Waals surface area contributed by atoms with Crippen molar-refractivity contribution in [1.82, 2.24) is 14.5 Å². The van der Waals surface area contributed by atoms with Crippen LogP contribution < -0.4 is 0 Å². The minimum Gasteiger partial charge on any atom is -0.396 e. The Morgan fingerprint density at radius 3 is 2.24 bits per heavy atom. The summed E-state index contributed by atoms with van der Waals surface area (Å²) in [6.07, 6.45) is 4.94. The number of piperidine rings is 1. The van der Waals surface area contributed by atoms with E-state index in [-0.39, 0.29) is 12.0 Å². The lowest BCUT2D eigenvalue weighted by Gasteiger charge is -2.41. The number of aryl methyl sites for hydroxylation is 3. The van der Waals surface area contributed by atoms with E-state index in [0.29, 0.717) is 5.69 Å². The van der Waals surface area contributed by atoms with Crippen LogP contribution in [0.5, 0.6) is 0 Å². The van der Waals surface area contributed by atoms with Crippen molar-refractivity contribution < 1.29 is 5.11 Å². The Labute approximate surface area is 197 Å². The van der Waals surface area contributed by atoms with Gasteiger partial charge in [-0.3, -0.25) is 4.90 Å². The zero-order chi connectivity index (χ0) is 23.4. The quantitative estimate of drug-likeness (QED) is 0.510. The summed E-state index contributed by atoms with van der Waals surface area (Å²) in [5, 5.41) is 10.3. The molecule has 0 radical (unpaired) electrons. The van der Waals surface area contributed by atoms with E-state index in [0.717, 1.165) is 51.3 Å². The third kappa shape index (κ3) is 5.52. The van der Waals surface area contributed by atoms with Gasteiger partial charge in [0, 0.05) is 25.9 Å². The van der Waals surface area contributed by atoms with Crippen molar-refractivity contribution in [3.8, 4) is 0 Å². The number of likely N-dealkylation sites (tertiary alicyclic amines) is 1. The molecule has 1 fully saturated rings. The molecule has 0 saturated carbocycles. The fraction of sp³-hybridized carbons (Fsp3) is 0.429. The fourth-order valence-corrected chi connectivity index (χ4v) is 5.13. The summed E-state index contributed by atoms with van der Waals surface area (Å²) < 4.78 is 2.27. The van der Waals surface area contributed by atoms with Crippen molar-refractivity contribution in [3.05, 3.63) is 93.9 Å². The van der Waals surface area contributed by atoms with Crippen LogP contribution in [0.2, 0.25) is 0 Å². The number of benzene rings is 2. The topological polar surface area (TPSA) is 45.6 Å². The Morgan fingerprint density at radius 2 is 1.64 bits per heavy atom. The number of nitrogens with zero attached hydrogens (tertiary/aromatic N) is 4. The number of aromatic nitrogens is 2. The van der Waals surface area contributed by atoms with Gasteiger partial charge in [0.25, 0.3) is 0 Å². The number of imidazole rings is 1. The van der Waals surface area contributed by atoms with E-state index < -0.39 is 0 Å². The second-order valence-electron chi connectivity index (χ2n) is 9.77. The molecular formula is C28H34N4O. The first-order chi connectivity index (χ1) is 15.9. The number of rotatable bonds is 7. The third-order valence-corrected chi connectivity index (χ3v) is 7.04. The molecule has 172 valence electrons. The van der Waals surface area contributed by atoms with Crippen LogP contribution >= 0.6 is 0 Å². The predicted molar refractivity (Wildman–Crippen MR) is 132 cm³/mol. The van der Waals surface area contributed by atoms with Crippen molar-refractivity contribution in [2.75, 3.05) is 19.7 Å². The summed E-state index contributed by atoms with van der Waals surface area (Å²) in [6, 6.07) is 14.6. The van der Waals surface area contributed by atoms with Gasteiger partial charge in [0.05, 0.1) is 12.3 Å². The lowest BCUT2D eigenvalue weighted by atomic mass is 9.74. The Morgan fingerprint density at radius 1 is 0.970 bits per heavy atom. The molecule has 2 heterocycles. The lowest BCUT2D eigenvalue weighted by Crippen LogP contribution is -2.43. The van der Waals surface area contributed by atoms with Gasteiger partial charge in [-0.2, -0.15) is 0 Å². The molecule has 1 aliphatic rings. The van der Waals surface area contributed by atoms with Crippen molar-refractivity contribution in [1.29, 1.82) is 0 Å². The van der Waals surface area contributed by atoms with Crippen molar-refractivity contribution in [2.24, 2.45) is 5.41 Å². The molecule has 0 spiro atoms. The van der Waals surface area contributed by atoms with E-state index in [9.17, 15) is 5.11 Å². The average Bonchev–Trinajstić information content (AvgIpc) is 3.14. The number of aliphatic hydroxyl groups excluding tert-OH is 1. The van der Waals surface area contributed by atoms with Crippen LogP contribution in [0.15, 0.2) is 48.7 Å². The molecule has 1 saturated heterocycles. The van der Waals surface area contributed by atoms with Gasteiger partial charge in [0.1, 0.15) is 5.82 Å². The maximum absolute atomic E-state index is 10.3. The van der Waals surface area contributed by atoms with Crippen molar-refractivity contribution in [3.63, 3.8) is 0 Å². The Bertz CT molecular complexity index is 1110. The maximum Gasteiger partial charge on any atom is 0.187 e. The molecule has 0 atom stereocenters. The fourth-order valence-electron chi connectivity index (χ4n) is 5.13. The summed E-state index contributed by atoms with van der Waals surface area (Å²) in [7, 11) is 0. The van der Waals surface area contributed by atoms with E-state index in [1.54, 1.807) is 0 Å². The van der Waals surface area contributed by atoms with Gasteiger partial charge < -0.3 is 9.67 Å². The monoisotopic (exact) mass is 442 g/mol. The zero-order valence-electron chi connectivity index (χ0n) is 20.0. The Hall–Kier alpha value is -2.94. The first-order valence-corrected chi connectivity index (χ1v) is 11.8. The van der Waals surface area contributed by atoms with Gasteiger partial charge in [0.2, 0.25) is 0 Å². The standard InChI is InChI=1S/C28H34N4O/c1-21-13-22(2)15-25(14-21)16-28(20-33)9-11-31(12-10-28)19-27-17-30-23(3)32(27)18-24-5-7-26(29-4)8-6-24/h5-8,13-15,17,33H,9-12,16,18-20H2,1-3H3. The normalized spacial score (nSPS) is 16.0. The first-order valence-electron chi connectivity index (χ1n) is 11.8. The lowest BCUT2D eigenvalue weighted by molar-refractivity contribution is 0.0406. The molecule has 0 aliphatic carbocycles. The van der Waals surface area contributed by atoms with Gasteiger partial charge in [-0.15, -0.1) is 0 Å². The van der Waals surface area contributed by atoms with Gasteiger partial charge in [-0.25, -0.2) is 9.83 Å². The molecule has 0 amide bonds. The zero-order valence-corrected chi connectivity index (χ0v) is 20.0. The molecule has 0 bridgehead atoms. The molecular weight excluding hydrogens is 408 g/mol. The van der Waals surface area contributed by atoms with E-state index >= 15 is 0 Å². The molecule has 4 rings (SSSR count). The molecule has 1 N–H and O–H groups in total. The largest absolute Gasteiger partial charge is 0.396 e. The van der Waals surface area contributed by atoms with Gasteiger partial charge >= 0.3 is 0 Å². The second-order valence-corrected chi connectivity index (χ2v) is 9.77. The van der Waals surface area contributed by atoms with Gasteiger partial charge in [-0.05, 0) is 69.7 Å². The van der Waals surface area contributed by atoms with Crippen molar-refractivity contribution in [2.45, 2.75) is 53.1 Å². The predicted octanol–water partition coefficient (Wildman–Crippen LogP) is 5.22. The van der Waals surface area contributed by atoms with Crippen LogP contribution in [0.3, 0.4) is 0 Å². The molecule has 3 aromatic rings. The van der Waals surface area contributed by atoms with Gasteiger partial charge in [0.15, 0.2) is 5.69 Å². The molecule has 0 unspecified atom stereocenters. The van der Waals surface area contributed by atoms with E-state index in [1.807, 2.05) is 37.4 Å². The van der Waals surface area contributed by atoms with E-state index in [1.165, 1.54) is 27.9 Å². The smallest absolute Gasteiger partial charge is 0.187 e. The minimum atomic E-state index is -0.0302. The molecule has 1 aliphatic heterocycles. The molecule has 1 aromatic heterocycles. The van der Waals surface area contributed by atoms with Gasteiger partial charge in [-0.1, -0.05) is 53.6 Å². The molecule has 5 nitrogen and oxygen atoms in total. The first kappa shape index (κ1) is 23.2. The summed E-state index contributed by atoms with van der Waals surface area (Å²) in [5.74, 6) is 1.01. The summed E-state index contributed by atoms with van der Waals surface area (Å²) in [5.41, 5.74) is 6.96. The van der Waals surface area contributed by atoms with Crippen LogP contribution in [0.25, 0.3) is 4.85 Å². The number of hydrogen-bond acceptors (Lipinski definition) is 3. The Kier molecular flexibility index (Phi) is 6.97. The third-order valence-electron chi connectivity index (χ3n) is 7.04. The highest BCUT2D eigenvalue weighted by atomic mass is 16.3. The summed E-state index contributed by atoms with van der Waals surface area (Å²) >= 11 is 0. The highest BCUT2D eigenvalue weighted by molar-refractivity contribution is 5.45. The van der Waals surface area contributed by atoms with Crippen LogP contribution in [-0.2, 0) is 19.5 Å². The summed E-state index contributed by atoms with van der Waals surface area (Å²) in [4.78, 5) is 10.5. The van der Waals surface area contributed by atoms with Crippen LogP contribution in [0.4, 0.5) is 5.69 Å². The van der Waals surface area contributed by atoms with Crippen LogP contribution in [0.1, 0.15) is 46.6 Å². The molecule has 33 heavy (non-hydrogen) atoms. The average molecular weight is 443 g/mol. The highest BCUT2D eigenvalue weighted by Gasteiger charge is 2.34. The number of aliphatic hydroxyl groups is 1. The highest BCUT2D eigenvalue weighted by Crippen LogP contribution is 2.35. The second kappa shape index (κ2) is 9.91. The van der Waals surface area contributed by atoms with Crippen LogP contribution in [-0.4, -0.2) is 39.3 Å². The minimum absolute atomic E-state index is 0.0302. The Balaban J connectivity index is 1.41.